The molecule has 0 bridgehead atoms. The van der Waals surface area contributed by atoms with Gasteiger partial charge in [0, 0.05) is 17.1 Å². The molecular weight excluding hydrogens is 231 g/mol. The molecule has 1 aromatic carbocycles. The molecule has 1 unspecified atom stereocenters. The second kappa shape index (κ2) is 3.46. The lowest BCUT2D eigenvalue weighted by molar-refractivity contribution is -0.109. The third-order valence-electron chi connectivity index (χ3n) is 4.20. The van der Waals surface area contributed by atoms with Gasteiger partial charge in [-0.2, -0.15) is 0 Å². The average molecular weight is 248 g/mol. The van der Waals surface area contributed by atoms with E-state index >= 15 is 0 Å². The number of fused-ring (bicyclic) bond motifs is 1. The topological polar surface area (TPSA) is 46.3 Å². The molecule has 1 fully saturated rings. The maximum atomic E-state index is 13.7. The van der Waals surface area contributed by atoms with E-state index < -0.39 is 5.82 Å². The molecule has 1 aliphatic carbocycles. The predicted molar refractivity (Wildman–Crippen MR) is 69.2 cm³/mol. The van der Waals surface area contributed by atoms with Crippen molar-refractivity contribution in [3.63, 3.8) is 0 Å². The molecule has 2 aliphatic rings. The van der Waals surface area contributed by atoms with E-state index in [0.29, 0.717) is 6.04 Å². The summed E-state index contributed by atoms with van der Waals surface area (Å²) in [4.78, 5) is 13.6. The number of anilines is 2. The van der Waals surface area contributed by atoms with Gasteiger partial charge in [0.05, 0.1) is 11.7 Å². The first-order chi connectivity index (χ1) is 8.46. The van der Waals surface area contributed by atoms with E-state index in [9.17, 15) is 9.18 Å². The van der Waals surface area contributed by atoms with Crippen molar-refractivity contribution in [3.05, 3.63) is 23.5 Å². The highest BCUT2D eigenvalue weighted by Crippen LogP contribution is 2.50. The fraction of sp³-hybridized carbons (Fsp3) is 0.500. The Morgan fingerprint density at radius 3 is 2.67 bits per heavy atom. The first-order valence-corrected chi connectivity index (χ1v) is 6.30. The minimum atomic E-state index is -0.399. The van der Waals surface area contributed by atoms with Crippen molar-refractivity contribution in [1.82, 2.24) is 0 Å². The number of rotatable bonds is 2. The van der Waals surface area contributed by atoms with Crippen molar-refractivity contribution >= 4 is 17.7 Å². The van der Waals surface area contributed by atoms with Gasteiger partial charge < -0.3 is 15.4 Å². The summed E-state index contributed by atoms with van der Waals surface area (Å²) >= 11 is 0. The van der Waals surface area contributed by atoms with Gasteiger partial charge in [-0.15, -0.1) is 0 Å². The molecule has 0 amide bonds. The molecule has 0 aromatic heterocycles. The maximum absolute atomic E-state index is 13.7. The Hall–Kier alpha value is -1.58. The van der Waals surface area contributed by atoms with Gasteiger partial charge in [0.15, 0.2) is 0 Å². The van der Waals surface area contributed by atoms with Gasteiger partial charge in [-0.3, -0.25) is 0 Å². The van der Waals surface area contributed by atoms with Crippen LogP contribution < -0.4 is 10.6 Å². The number of carbonyl (C=O) groups is 1. The SMILES string of the molecule is CC1(C)c2cc(F)c(N)cc2N(C2CC2)C1C=O. The third kappa shape index (κ3) is 1.38. The van der Waals surface area contributed by atoms with Gasteiger partial charge in [0.1, 0.15) is 12.1 Å². The number of carbonyl (C=O) groups excluding carboxylic acids is 1. The van der Waals surface area contributed by atoms with Gasteiger partial charge in [0.2, 0.25) is 0 Å². The van der Waals surface area contributed by atoms with Crippen LogP contribution >= 0.6 is 0 Å². The fourth-order valence-corrected chi connectivity index (χ4v) is 2.98. The largest absolute Gasteiger partial charge is 0.396 e. The zero-order valence-electron chi connectivity index (χ0n) is 10.6. The summed E-state index contributed by atoms with van der Waals surface area (Å²) < 4.78 is 13.7. The third-order valence-corrected chi connectivity index (χ3v) is 4.20. The molecule has 1 aliphatic heterocycles. The van der Waals surface area contributed by atoms with Crippen LogP contribution in [-0.4, -0.2) is 18.4 Å². The number of nitrogens with zero attached hydrogens (tertiary/aromatic N) is 1. The van der Waals surface area contributed by atoms with Crippen LogP contribution in [-0.2, 0) is 10.2 Å². The van der Waals surface area contributed by atoms with Gasteiger partial charge in [-0.05, 0) is 30.5 Å². The van der Waals surface area contributed by atoms with Gasteiger partial charge >= 0.3 is 0 Å². The van der Waals surface area contributed by atoms with Crippen LogP contribution in [0.3, 0.4) is 0 Å². The van der Waals surface area contributed by atoms with Crippen LogP contribution in [0.1, 0.15) is 32.3 Å². The van der Waals surface area contributed by atoms with Gasteiger partial charge in [0.25, 0.3) is 0 Å². The summed E-state index contributed by atoms with van der Waals surface area (Å²) in [5, 5.41) is 0. The molecule has 96 valence electrons. The average Bonchev–Trinajstić information content (AvgIpc) is 3.09. The van der Waals surface area contributed by atoms with Crippen molar-refractivity contribution in [2.24, 2.45) is 0 Å². The molecule has 3 rings (SSSR count). The number of hydrogen-bond donors (Lipinski definition) is 1. The number of aldehydes is 1. The molecule has 3 nitrogen and oxygen atoms in total. The molecular formula is C14H17FN2O. The summed E-state index contributed by atoms with van der Waals surface area (Å²) in [7, 11) is 0. The molecule has 18 heavy (non-hydrogen) atoms. The standard InChI is InChI=1S/C14H17FN2O/c1-14(2)9-5-10(15)11(16)6-12(9)17(8-3-4-8)13(14)7-18/h5-8,13H,3-4,16H2,1-2H3. The summed E-state index contributed by atoms with van der Waals surface area (Å²) in [6.45, 7) is 3.98. The van der Waals surface area contributed by atoms with Crippen LogP contribution in [0.25, 0.3) is 0 Å². The van der Waals surface area contributed by atoms with Gasteiger partial charge in [-0.25, -0.2) is 4.39 Å². The number of halogens is 1. The molecule has 2 N–H and O–H groups in total. The van der Waals surface area contributed by atoms with E-state index in [2.05, 4.69) is 4.90 Å². The van der Waals surface area contributed by atoms with Crippen molar-refractivity contribution in [1.29, 1.82) is 0 Å². The van der Waals surface area contributed by atoms with Crippen molar-refractivity contribution in [2.75, 3.05) is 10.6 Å². The number of nitrogen functional groups attached to an aromatic ring is 1. The lowest BCUT2D eigenvalue weighted by atomic mass is 9.81. The smallest absolute Gasteiger partial charge is 0.146 e. The van der Waals surface area contributed by atoms with Crippen LogP contribution in [0, 0.1) is 5.82 Å². The molecule has 0 radical (unpaired) electrons. The van der Waals surface area contributed by atoms with E-state index in [1.807, 2.05) is 13.8 Å². The Morgan fingerprint density at radius 2 is 2.11 bits per heavy atom. The Morgan fingerprint density at radius 1 is 1.44 bits per heavy atom. The quantitative estimate of drug-likeness (QED) is 0.645. The van der Waals surface area contributed by atoms with Crippen LogP contribution in [0.15, 0.2) is 12.1 Å². The first kappa shape index (κ1) is 11.5. The summed E-state index contributed by atoms with van der Waals surface area (Å²) in [6.07, 6.45) is 3.17. The second-order valence-corrected chi connectivity index (χ2v) is 5.83. The fourth-order valence-electron chi connectivity index (χ4n) is 2.98. The first-order valence-electron chi connectivity index (χ1n) is 6.30. The maximum Gasteiger partial charge on any atom is 0.146 e. The van der Waals surface area contributed by atoms with Crippen molar-refractivity contribution in [2.45, 2.75) is 44.2 Å². The molecule has 1 heterocycles. The number of benzene rings is 1. The normalized spacial score (nSPS) is 25.1. The van der Waals surface area contributed by atoms with E-state index in [0.717, 1.165) is 30.4 Å². The lowest BCUT2D eigenvalue weighted by Crippen LogP contribution is -2.43. The van der Waals surface area contributed by atoms with Crippen molar-refractivity contribution < 1.29 is 9.18 Å². The minimum absolute atomic E-state index is 0.154. The molecule has 1 saturated carbocycles. The molecule has 1 atom stereocenters. The van der Waals surface area contributed by atoms with E-state index in [1.54, 1.807) is 6.07 Å². The van der Waals surface area contributed by atoms with Crippen molar-refractivity contribution in [3.8, 4) is 0 Å². The highest BCUT2D eigenvalue weighted by atomic mass is 19.1. The lowest BCUT2D eigenvalue weighted by Gasteiger charge is -2.30. The van der Waals surface area contributed by atoms with E-state index in [4.69, 9.17) is 5.73 Å². The predicted octanol–water partition coefficient (Wildman–Crippen LogP) is 2.24. The zero-order valence-corrected chi connectivity index (χ0v) is 10.6. The zero-order chi connectivity index (χ0) is 13.1. The van der Waals surface area contributed by atoms with E-state index in [1.165, 1.54) is 6.07 Å². The summed E-state index contributed by atoms with van der Waals surface area (Å²) in [6, 6.07) is 3.35. The summed E-state index contributed by atoms with van der Waals surface area (Å²) in [5.74, 6) is -0.399. The monoisotopic (exact) mass is 248 g/mol. The van der Waals surface area contributed by atoms with E-state index in [-0.39, 0.29) is 17.1 Å². The number of hydrogen-bond acceptors (Lipinski definition) is 3. The molecule has 1 aromatic rings. The highest BCUT2D eigenvalue weighted by molar-refractivity contribution is 5.80. The Bertz CT molecular complexity index is 523. The molecule has 4 heteroatoms. The molecule has 0 saturated heterocycles. The second-order valence-electron chi connectivity index (χ2n) is 5.83. The summed E-state index contributed by atoms with van der Waals surface area (Å²) in [5.41, 5.74) is 7.27. The molecule has 0 spiro atoms. The Labute approximate surface area is 106 Å². The minimum Gasteiger partial charge on any atom is -0.396 e. The van der Waals surface area contributed by atoms with Crippen LogP contribution in [0.4, 0.5) is 15.8 Å². The number of nitrogens with two attached hydrogens (primary N) is 1. The van der Waals surface area contributed by atoms with Crippen LogP contribution in [0.5, 0.6) is 0 Å². The Kier molecular flexibility index (Phi) is 2.22. The van der Waals surface area contributed by atoms with Crippen LogP contribution in [0.2, 0.25) is 0 Å². The Balaban J connectivity index is 2.20. The van der Waals surface area contributed by atoms with Gasteiger partial charge in [-0.1, -0.05) is 13.8 Å². The highest BCUT2D eigenvalue weighted by Gasteiger charge is 2.49.